The molecule has 1 fully saturated rings. The molecule has 0 aliphatic heterocycles. The fourth-order valence-corrected chi connectivity index (χ4v) is 5.58. The topological polar surface area (TPSA) is 52.6 Å². The first-order valence-electron chi connectivity index (χ1n) is 16.7. The minimum atomic E-state index is -0.0538. The molecule has 0 spiro atoms. The van der Waals surface area contributed by atoms with Gasteiger partial charge in [-0.2, -0.15) is 0 Å². The van der Waals surface area contributed by atoms with Crippen molar-refractivity contribution in [1.29, 1.82) is 0 Å². The summed E-state index contributed by atoms with van der Waals surface area (Å²) < 4.78 is 11.1. The van der Waals surface area contributed by atoms with Gasteiger partial charge in [0.1, 0.15) is 0 Å². The van der Waals surface area contributed by atoms with Crippen LogP contribution in [-0.2, 0) is 19.1 Å². The van der Waals surface area contributed by atoms with Crippen LogP contribution in [0.1, 0.15) is 169 Å². The van der Waals surface area contributed by atoms with E-state index in [1.54, 1.807) is 0 Å². The van der Waals surface area contributed by atoms with Crippen LogP contribution in [0.3, 0.4) is 0 Å². The van der Waals surface area contributed by atoms with E-state index in [4.69, 9.17) is 9.47 Å². The van der Waals surface area contributed by atoms with Gasteiger partial charge >= 0.3 is 11.9 Å². The second-order valence-electron chi connectivity index (χ2n) is 12.9. The molecule has 0 N–H and O–H groups in total. The predicted molar refractivity (Wildman–Crippen MR) is 160 cm³/mol. The van der Waals surface area contributed by atoms with Crippen LogP contribution in [0, 0.1) is 23.7 Å². The summed E-state index contributed by atoms with van der Waals surface area (Å²) in [6, 6.07) is 0. The zero-order chi connectivity index (χ0) is 27.8. The molecule has 1 aliphatic carbocycles. The van der Waals surface area contributed by atoms with Gasteiger partial charge in [0.2, 0.25) is 0 Å². The van der Waals surface area contributed by atoms with E-state index in [0.29, 0.717) is 13.2 Å². The normalized spacial score (nSPS) is 17.7. The first-order valence-corrected chi connectivity index (χ1v) is 16.7. The molecule has 1 saturated carbocycles. The molecule has 38 heavy (non-hydrogen) atoms. The summed E-state index contributed by atoms with van der Waals surface area (Å²) in [6.45, 7) is 10.3. The lowest BCUT2D eigenvalue weighted by molar-refractivity contribution is -0.155. The SMILES string of the molecule is CC(C)CCCCCCCCCCOC(=O)C1CCC(C(=O)OCCCCCCCCCCC(C)C)CC1. The highest BCUT2D eigenvalue weighted by atomic mass is 16.5. The van der Waals surface area contributed by atoms with Crippen LogP contribution < -0.4 is 0 Å². The van der Waals surface area contributed by atoms with Crippen LogP contribution in [0.25, 0.3) is 0 Å². The molecule has 0 amide bonds. The Hall–Kier alpha value is -1.06. The Bertz CT molecular complexity index is 513. The summed E-state index contributed by atoms with van der Waals surface area (Å²) >= 11 is 0. The third-order valence-corrected chi connectivity index (χ3v) is 8.23. The van der Waals surface area contributed by atoms with Gasteiger partial charge < -0.3 is 9.47 Å². The Morgan fingerprint density at radius 1 is 0.474 bits per heavy atom. The minimum Gasteiger partial charge on any atom is -0.465 e. The van der Waals surface area contributed by atoms with Crippen LogP contribution >= 0.6 is 0 Å². The van der Waals surface area contributed by atoms with Gasteiger partial charge in [-0.1, -0.05) is 130 Å². The van der Waals surface area contributed by atoms with E-state index in [1.165, 1.54) is 89.9 Å². The summed E-state index contributed by atoms with van der Waals surface area (Å²) in [5.74, 6) is 1.49. The first-order chi connectivity index (χ1) is 18.4. The molecule has 1 rings (SSSR count). The highest BCUT2D eigenvalue weighted by molar-refractivity contribution is 5.75. The Balaban J connectivity index is 1.92. The van der Waals surface area contributed by atoms with Crippen molar-refractivity contribution < 1.29 is 19.1 Å². The maximum atomic E-state index is 12.4. The molecular weight excluding hydrogens is 472 g/mol. The number of ether oxygens (including phenoxy) is 2. The Labute approximate surface area is 236 Å². The van der Waals surface area contributed by atoms with Crippen molar-refractivity contribution in [3.05, 3.63) is 0 Å². The monoisotopic (exact) mass is 536 g/mol. The fourth-order valence-electron chi connectivity index (χ4n) is 5.58. The average Bonchev–Trinajstić information content (AvgIpc) is 2.89. The second-order valence-corrected chi connectivity index (χ2v) is 12.9. The van der Waals surface area contributed by atoms with Crippen molar-refractivity contribution in [3.8, 4) is 0 Å². The Morgan fingerprint density at radius 3 is 1.03 bits per heavy atom. The van der Waals surface area contributed by atoms with E-state index < -0.39 is 0 Å². The maximum Gasteiger partial charge on any atom is 0.308 e. The third kappa shape index (κ3) is 19.9. The standard InChI is InChI=1S/C34H64O4/c1-29(2)21-17-13-9-5-7-11-15-19-27-37-33(35)31-23-25-32(26-24-31)34(36)38-28-20-16-12-8-6-10-14-18-22-30(3)4/h29-32H,5-28H2,1-4H3. The fraction of sp³-hybridized carbons (Fsp3) is 0.941. The molecule has 0 heterocycles. The molecule has 0 bridgehead atoms. The number of unbranched alkanes of at least 4 members (excludes halogenated alkanes) is 14. The van der Waals surface area contributed by atoms with E-state index in [0.717, 1.165) is 63.2 Å². The molecule has 0 aromatic heterocycles. The van der Waals surface area contributed by atoms with E-state index in [1.807, 2.05) is 0 Å². The molecule has 1 aliphatic rings. The summed E-state index contributed by atoms with van der Waals surface area (Å²) in [5.41, 5.74) is 0. The molecule has 0 saturated heterocycles. The summed E-state index contributed by atoms with van der Waals surface area (Å²) in [4.78, 5) is 24.8. The largest absolute Gasteiger partial charge is 0.465 e. The first kappa shape index (κ1) is 35.0. The molecule has 224 valence electrons. The number of rotatable bonds is 24. The zero-order valence-electron chi connectivity index (χ0n) is 25.9. The van der Waals surface area contributed by atoms with Gasteiger partial charge in [-0.25, -0.2) is 0 Å². The number of hydrogen-bond acceptors (Lipinski definition) is 4. The van der Waals surface area contributed by atoms with Crippen LogP contribution in [0.4, 0.5) is 0 Å². The van der Waals surface area contributed by atoms with Gasteiger partial charge in [0.05, 0.1) is 25.0 Å². The summed E-state index contributed by atoms with van der Waals surface area (Å²) in [7, 11) is 0. The molecular formula is C34H64O4. The van der Waals surface area contributed by atoms with Gasteiger partial charge in [0.15, 0.2) is 0 Å². The maximum absolute atomic E-state index is 12.4. The highest BCUT2D eigenvalue weighted by Gasteiger charge is 2.31. The highest BCUT2D eigenvalue weighted by Crippen LogP contribution is 2.30. The quantitative estimate of drug-likeness (QED) is 0.0909. The van der Waals surface area contributed by atoms with Gasteiger partial charge in [0.25, 0.3) is 0 Å². The number of carbonyl (C=O) groups is 2. The lowest BCUT2D eigenvalue weighted by Crippen LogP contribution is -2.28. The molecule has 0 aromatic carbocycles. The summed E-state index contributed by atoms with van der Waals surface area (Å²) in [5, 5.41) is 0. The minimum absolute atomic E-state index is 0.0322. The molecule has 4 nitrogen and oxygen atoms in total. The van der Waals surface area contributed by atoms with Crippen molar-refractivity contribution >= 4 is 11.9 Å². The van der Waals surface area contributed by atoms with Gasteiger partial charge in [0, 0.05) is 0 Å². The van der Waals surface area contributed by atoms with Crippen LogP contribution in [0.15, 0.2) is 0 Å². The molecule has 0 unspecified atom stereocenters. The van der Waals surface area contributed by atoms with Gasteiger partial charge in [-0.3, -0.25) is 9.59 Å². The molecule has 0 radical (unpaired) electrons. The smallest absolute Gasteiger partial charge is 0.308 e. The second kappa shape index (κ2) is 23.8. The van der Waals surface area contributed by atoms with Crippen molar-refractivity contribution in [1.82, 2.24) is 0 Å². The van der Waals surface area contributed by atoms with E-state index >= 15 is 0 Å². The number of esters is 2. The lowest BCUT2D eigenvalue weighted by Gasteiger charge is -2.26. The Morgan fingerprint density at radius 2 is 0.737 bits per heavy atom. The van der Waals surface area contributed by atoms with E-state index in [2.05, 4.69) is 27.7 Å². The van der Waals surface area contributed by atoms with Crippen molar-refractivity contribution in [2.24, 2.45) is 23.7 Å². The number of hydrogen-bond donors (Lipinski definition) is 0. The molecule has 4 heteroatoms. The lowest BCUT2D eigenvalue weighted by atomic mass is 9.82. The van der Waals surface area contributed by atoms with Crippen LogP contribution in [-0.4, -0.2) is 25.2 Å². The molecule has 0 atom stereocenters. The van der Waals surface area contributed by atoms with Crippen LogP contribution in [0.5, 0.6) is 0 Å². The Kier molecular flexibility index (Phi) is 21.9. The predicted octanol–water partition coefficient (Wildman–Crippen LogP) is 10.2. The third-order valence-electron chi connectivity index (χ3n) is 8.23. The van der Waals surface area contributed by atoms with Gasteiger partial charge in [-0.05, 0) is 50.4 Å². The van der Waals surface area contributed by atoms with Crippen molar-refractivity contribution in [2.75, 3.05) is 13.2 Å². The van der Waals surface area contributed by atoms with Crippen molar-refractivity contribution in [3.63, 3.8) is 0 Å². The van der Waals surface area contributed by atoms with E-state index in [9.17, 15) is 9.59 Å². The number of carbonyl (C=O) groups excluding carboxylic acids is 2. The van der Waals surface area contributed by atoms with Crippen molar-refractivity contribution in [2.45, 2.75) is 169 Å². The van der Waals surface area contributed by atoms with Crippen LogP contribution in [0.2, 0.25) is 0 Å². The zero-order valence-corrected chi connectivity index (χ0v) is 25.9. The van der Waals surface area contributed by atoms with E-state index in [-0.39, 0.29) is 23.8 Å². The average molecular weight is 537 g/mol. The van der Waals surface area contributed by atoms with Gasteiger partial charge in [-0.15, -0.1) is 0 Å². The summed E-state index contributed by atoms with van der Waals surface area (Å²) in [6.07, 6.45) is 25.9. The molecule has 0 aromatic rings.